The molecule has 2 aromatic heterocycles. The van der Waals surface area contributed by atoms with Crippen molar-refractivity contribution in [3.63, 3.8) is 0 Å². The summed E-state index contributed by atoms with van der Waals surface area (Å²) in [6.07, 6.45) is 0. The molecule has 0 bridgehead atoms. The highest BCUT2D eigenvalue weighted by Gasteiger charge is 2.13. The minimum absolute atomic E-state index is 0.0517. The number of halogens is 1. The topological polar surface area (TPSA) is 60.9 Å². The van der Waals surface area contributed by atoms with Gasteiger partial charge in [-0.05, 0) is 26.0 Å². The Bertz CT molecular complexity index is 559. The standard InChI is InChI=1S/C10H10ClN3O2/c1-6(2)14-10(15)16-9(13-14)7-4-3-5-8(11)12-7/h3-6H,1-2H3. The second-order valence-corrected chi connectivity index (χ2v) is 3.94. The Labute approximate surface area is 96.7 Å². The summed E-state index contributed by atoms with van der Waals surface area (Å²) in [7, 11) is 0. The lowest BCUT2D eigenvalue weighted by atomic mass is 10.3. The van der Waals surface area contributed by atoms with Gasteiger partial charge in [0.05, 0.1) is 6.04 Å². The van der Waals surface area contributed by atoms with Crippen molar-refractivity contribution in [1.82, 2.24) is 14.8 Å². The predicted octanol–water partition coefficient (Wildman–Crippen LogP) is 2.13. The molecule has 6 heteroatoms. The fraction of sp³-hybridized carbons (Fsp3) is 0.300. The highest BCUT2D eigenvalue weighted by atomic mass is 35.5. The fourth-order valence-electron chi connectivity index (χ4n) is 1.25. The van der Waals surface area contributed by atoms with Gasteiger partial charge in [-0.3, -0.25) is 0 Å². The van der Waals surface area contributed by atoms with E-state index < -0.39 is 5.76 Å². The average Bonchev–Trinajstić information content (AvgIpc) is 2.60. The van der Waals surface area contributed by atoms with Crippen LogP contribution in [0.4, 0.5) is 0 Å². The van der Waals surface area contributed by atoms with E-state index >= 15 is 0 Å². The highest BCUT2D eigenvalue weighted by Crippen LogP contribution is 2.15. The molecule has 0 saturated heterocycles. The first kappa shape index (κ1) is 10.9. The summed E-state index contributed by atoms with van der Waals surface area (Å²) < 4.78 is 6.25. The van der Waals surface area contributed by atoms with Gasteiger partial charge in [0.15, 0.2) is 0 Å². The van der Waals surface area contributed by atoms with E-state index in [4.69, 9.17) is 16.0 Å². The van der Waals surface area contributed by atoms with Crippen LogP contribution in [-0.2, 0) is 0 Å². The molecular formula is C10H10ClN3O2. The highest BCUT2D eigenvalue weighted by molar-refractivity contribution is 6.29. The minimum Gasteiger partial charge on any atom is -0.386 e. The van der Waals surface area contributed by atoms with Gasteiger partial charge < -0.3 is 4.42 Å². The Morgan fingerprint density at radius 1 is 1.44 bits per heavy atom. The minimum atomic E-state index is -0.494. The van der Waals surface area contributed by atoms with Gasteiger partial charge in [0.25, 0.3) is 5.89 Å². The number of hydrogen-bond acceptors (Lipinski definition) is 4. The van der Waals surface area contributed by atoms with Gasteiger partial charge in [-0.25, -0.2) is 9.78 Å². The van der Waals surface area contributed by atoms with Crippen LogP contribution in [0.5, 0.6) is 0 Å². The van der Waals surface area contributed by atoms with Crippen LogP contribution in [0.15, 0.2) is 27.4 Å². The second-order valence-electron chi connectivity index (χ2n) is 3.56. The first-order valence-corrected chi connectivity index (χ1v) is 5.18. The molecule has 5 nitrogen and oxygen atoms in total. The van der Waals surface area contributed by atoms with Crippen LogP contribution >= 0.6 is 11.6 Å². The molecule has 0 aliphatic rings. The Balaban J connectivity index is 2.50. The van der Waals surface area contributed by atoms with Crippen LogP contribution in [0.1, 0.15) is 19.9 Å². The number of hydrogen-bond donors (Lipinski definition) is 0. The molecule has 0 aliphatic heterocycles. The molecular weight excluding hydrogens is 230 g/mol. The van der Waals surface area contributed by atoms with Gasteiger partial charge >= 0.3 is 5.76 Å². The lowest BCUT2D eigenvalue weighted by molar-refractivity contribution is 0.449. The smallest absolute Gasteiger partial charge is 0.386 e. The Morgan fingerprint density at radius 2 is 2.19 bits per heavy atom. The molecule has 2 heterocycles. The van der Waals surface area contributed by atoms with Crippen LogP contribution < -0.4 is 5.76 Å². The van der Waals surface area contributed by atoms with Gasteiger partial charge in [0, 0.05) is 0 Å². The molecule has 0 aromatic carbocycles. The number of rotatable bonds is 2. The van der Waals surface area contributed by atoms with Gasteiger partial charge in [-0.15, -0.1) is 5.10 Å². The number of aromatic nitrogens is 3. The van der Waals surface area contributed by atoms with Crippen molar-refractivity contribution in [2.24, 2.45) is 0 Å². The summed E-state index contributed by atoms with van der Waals surface area (Å²) in [5, 5.41) is 4.37. The van der Waals surface area contributed by atoms with Crippen molar-refractivity contribution < 1.29 is 4.42 Å². The molecule has 2 rings (SSSR count). The maximum Gasteiger partial charge on any atom is 0.437 e. The predicted molar refractivity (Wildman–Crippen MR) is 59.4 cm³/mol. The Kier molecular flexibility index (Phi) is 2.78. The van der Waals surface area contributed by atoms with E-state index in [1.807, 2.05) is 13.8 Å². The van der Waals surface area contributed by atoms with Crippen LogP contribution in [0.2, 0.25) is 5.15 Å². The summed E-state index contributed by atoms with van der Waals surface area (Å²) in [6.45, 7) is 3.69. The third-order valence-corrected chi connectivity index (χ3v) is 2.20. The zero-order valence-corrected chi connectivity index (χ0v) is 9.60. The first-order valence-electron chi connectivity index (χ1n) is 4.80. The Hall–Kier alpha value is -1.62. The van der Waals surface area contributed by atoms with E-state index in [1.165, 1.54) is 4.68 Å². The van der Waals surface area contributed by atoms with E-state index in [2.05, 4.69) is 10.1 Å². The second kappa shape index (κ2) is 4.09. The summed E-state index contributed by atoms with van der Waals surface area (Å²) >= 11 is 5.74. The largest absolute Gasteiger partial charge is 0.437 e. The Morgan fingerprint density at radius 3 is 2.75 bits per heavy atom. The van der Waals surface area contributed by atoms with E-state index in [0.29, 0.717) is 10.8 Å². The number of nitrogens with zero attached hydrogens (tertiary/aromatic N) is 3. The molecule has 0 spiro atoms. The third-order valence-electron chi connectivity index (χ3n) is 1.99. The maximum atomic E-state index is 11.4. The van der Waals surface area contributed by atoms with Crippen molar-refractivity contribution in [3.8, 4) is 11.6 Å². The average molecular weight is 240 g/mol. The molecule has 0 atom stereocenters. The monoisotopic (exact) mass is 239 g/mol. The van der Waals surface area contributed by atoms with Crippen LogP contribution in [0.25, 0.3) is 11.6 Å². The van der Waals surface area contributed by atoms with E-state index in [9.17, 15) is 4.79 Å². The van der Waals surface area contributed by atoms with E-state index in [1.54, 1.807) is 18.2 Å². The molecule has 0 aliphatic carbocycles. The van der Waals surface area contributed by atoms with Crippen molar-refractivity contribution in [2.45, 2.75) is 19.9 Å². The molecule has 0 fully saturated rings. The molecule has 84 valence electrons. The molecule has 0 saturated carbocycles. The van der Waals surface area contributed by atoms with Crippen molar-refractivity contribution in [2.75, 3.05) is 0 Å². The molecule has 0 N–H and O–H groups in total. The van der Waals surface area contributed by atoms with Crippen LogP contribution in [0, 0.1) is 0 Å². The molecule has 0 amide bonds. The maximum absolute atomic E-state index is 11.4. The van der Waals surface area contributed by atoms with Gasteiger partial charge in [0.2, 0.25) is 0 Å². The molecule has 0 radical (unpaired) electrons. The number of pyridine rings is 1. The summed E-state index contributed by atoms with van der Waals surface area (Å²) in [4.78, 5) is 15.4. The molecule has 2 aromatic rings. The van der Waals surface area contributed by atoms with E-state index in [-0.39, 0.29) is 11.9 Å². The molecule has 16 heavy (non-hydrogen) atoms. The lowest BCUT2D eigenvalue weighted by Gasteiger charge is -1.99. The van der Waals surface area contributed by atoms with Gasteiger partial charge in [-0.1, -0.05) is 17.7 Å². The molecule has 0 unspecified atom stereocenters. The summed E-state index contributed by atoms with van der Waals surface area (Å²) in [5.41, 5.74) is 0.448. The van der Waals surface area contributed by atoms with Crippen LogP contribution in [-0.4, -0.2) is 14.8 Å². The van der Waals surface area contributed by atoms with Crippen molar-refractivity contribution in [1.29, 1.82) is 0 Å². The zero-order valence-electron chi connectivity index (χ0n) is 8.85. The normalized spacial score (nSPS) is 11.0. The fourth-order valence-corrected chi connectivity index (χ4v) is 1.41. The van der Waals surface area contributed by atoms with Gasteiger partial charge in [-0.2, -0.15) is 4.68 Å². The van der Waals surface area contributed by atoms with E-state index in [0.717, 1.165) is 0 Å². The quantitative estimate of drug-likeness (QED) is 0.754. The van der Waals surface area contributed by atoms with Gasteiger partial charge in [0.1, 0.15) is 10.8 Å². The summed E-state index contributed by atoms with van der Waals surface area (Å²) in [6, 6.07) is 4.99. The first-order chi connectivity index (χ1) is 7.58. The van der Waals surface area contributed by atoms with Crippen LogP contribution in [0.3, 0.4) is 0 Å². The summed E-state index contributed by atoms with van der Waals surface area (Å²) in [5.74, 6) is -0.312. The SMILES string of the molecule is CC(C)n1nc(-c2cccc(Cl)n2)oc1=O. The van der Waals surface area contributed by atoms with Crippen molar-refractivity contribution in [3.05, 3.63) is 33.9 Å². The lowest BCUT2D eigenvalue weighted by Crippen LogP contribution is -2.17. The zero-order chi connectivity index (χ0) is 11.7. The third kappa shape index (κ3) is 1.99. The van der Waals surface area contributed by atoms with Crippen molar-refractivity contribution >= 4 is 11.6 Å².